The zero-order valence-electron chi connectivity index (χ0n) is 16.7. The Bertz CT molecular complexity index is 847. The lowest BCUT2D eigenvalue weighted by molar-refractivity contribution is -0.133. The number of anilines is 2. The first-order valence-corrected chi connectivity index (χ1v) is 10.5. The molecule has 4 rings (SSSR count). The van der Waals surface area contributed by atoms with Crippen LogP contribution in [0.15, 0.2) is 30.3 Å². The Morgan fingerprint density at radius 3 is 2.38 bits per heavy atom. The average molecular weight is 416 g/mol. The molecule has 29 heavy (non-hydrogen) atoms. The summed E-state index contributed by atoms with van der Waals surface area (Å²) in [5, 5.41) is 0.644. The highest BCUT2D eigenvalue weighted by atomic mass is 35.5. The molecule has 0 bridgehead atoms. The number of aryl methyl sites for hydroxylation is 1. The fourth-order valence-electron chi connectivity index (χ4n) is 3.71. The molecule has 154 valence electrons. The second kappa shape index (κ2) is 8.86. The molecule has 1 amide bonds. The van der Waals surface area contributed by atoms with Gasteiger partial charge in [-0.15, -0.1) is 0 Å². The van der Waals surface area contributed by atoms with Gasteiger partial charge in [-0.1, -0.05) is 11.6 Å². The molecular weight excluding hydrogens is 390 g/mol. The molecule has 0 atom stereocenters. The van der Waals surface area contributed by atoms with E-state index in [1.54, 1.807) is 24.3 Å². The van der Waals surface area contributed by atoms with Crippen LogP contribution in [-0.2, 0) is 4.79 Å². The van der Waals surface area contributed by atoms with Gasteiger partial charge in [0.25, 0.3) is 5.91 Å². The number of rotatable bonds is 5. The Hall–Kier alpha value is -2.54. The first-order valence-electron chi connectivity index (χ1n) is 10.1. The zero-order chi connectivity index (χ0) is 20.2. The number of carbonyl (C=O) groups excluding carboxylic acids is 1. The highest BCUT2D eigenvalue weighted by Crippen LogP contribution is 2.22. The van der Waals surface area contributed by atoms with Crippen LogP contribution in [0.5, 0.6) is 5.75 Å². The molecule has 0 unspecified atom stereocenters. The summed E-state index contributed by atoms with van der Waals surface area (Å²) in [5.41, 5.74) is 0.978. The predicted octanol–water partition coefficient (Wildman–Crippen LogP) is 2.77. The average Bonchev–Trinajstić information content (AvgIpc) is 3.28. The van der Waals surface area contributed by atoms with Gasteiger partial charge in [-0.25, -0.2) is 4.98 Å². The molecule has 2 aromatic rings. The van der Waals surface area contributed by atoms with Crippen LogP contribution in [0, 0.1) is 6.92 Å². The lowest BCUT2D eigenvalue weighted by Crippen LogP contribution is -2.50. The van der Waals surface area contributed by atoms with Crippen LogP contribution in [0.3, 0.4) is 0 Å². The smallest absolute Gasteiger partial charge is 0.260 e. The van der Waals surface area contributed by atoms with E-state index in [1.807, 2.05) is 11.8 Å². The minimum absolute atomic E-state index is 0.0116. The number of piperazine rings is 1. The Balaban J connectivity index is 1.32. The normalized spacial score (nSPS) is 17.0. The molecule has 0 aliphatic carbocycles. The van der Waals surface area contributed by atoms with Gasteiger partial charge < -0.3 is 19.4 Å². The Labute approximate surface area is 176 Å². The standard InChI is InChI=1S/C21H26ClN5O2/c1-16-14-19(25-8-2-3-9-25)24-21(23-16)27-12-10-26(11-13-27)20(28)15-29-18-6-4-17(22)5-7-18/h4-7,14H,2-3,8-13,15H2,1H3. The van der Waals surface area contributed by atoms with E-state index < -0.39 is 0 Å². The molecule has 2 fully saturated rings. The van der Waals surface area contributed by atoms with Crippen molar-refractivity contribution in [2.75, 3.05) is 55.7 Å². The molecular formula is C21H26ClN5O2. The third kappa shape index (κ3) is 4.90. The topological polar surface area (TPSA) is 61.8 Å². The summed E-state index contributed by atoms with van der Waals surface area (Å²) >= 11 is 5.87. The maximum Gasteiger partial charge on any atom is 0.260 e. The molecule has 0 N–H and O–H groups in total. The van der Waals surface area contributed by atoms with E-state index in [2.05, 4.69) is 20.9 Å². The number of hydrogen-bond donors (Lipinski definition) is 0. The van der Waals surface area contributed by atoms with E-state index in [1.165, 1.54) is 12.8 Å². The largest absolute Gasteiger partial charge is 0.484 e. The van der Waals surface area contributed by atoms with Gasteiger partial charge in [0.2, 0.25) is 5.95 Å². The van der Waals surface area contributed by atoms with E-state index in [-0.39, 0.29) is 12.5 Å². The van der Waals surface area contributed by atoms with Crippen molar-refractivity contribution in [3.05, 3.63) is 41.0 Å². The molecule has 0 saturated carbocycles. The van der Waals surface area contributed by atoms with Crippen molar-refractivity contribution in [1.29, 1.82) is 0 Å². The number of ether oxygens (including phenoxy) is 1. The van der Waals surface area contributed by atoms with Gasteiger partial charge in [0.05, 0.1) is 0 Å². The summed E-state index contributed by atoms with van der Waals surface area (Å²) in [4.78, 5) is 28.2. The van der Waals surface area contributed by atoms with Gasteiger partial charge in [-0.3, -0.25) is 4.79 Å². The van der Waals surface area contributed by atoms with Crippen LogP contribution >= 0.6 is 11.6 Å². The quantitative estimate of drug-likeness (QED) is 0.748. The van der Waals surface area contributed by atoms with E-state index >= 15 is 0 Å². The highest BCUT2D eigenvalue weighted by molar-refractivity contribution is 6.30. The summed E-state index contributed by atoms with van der Waals surface area (Å²) in [6.45, 7) is 6.88. The van der Waals surface area contributed by atoms with Crippen molar-refractivity contribution in [2.24, 2.45) is 0 Å². The van der Waals surface area contributed by atoms with Gasteiger partial charge in [-0.05, 0) is 44.0 Å². The lowest BCUT2D eigenvalue weighted by Gasteiger charge is -2.35. The molecule has 1 aromatic heterocycles. The maximum absolute atomic E-state index is 12.5. The second-order valence-corrected chi connectivity index (χ2v) is 7.91. The summed E-state index contributed by atoms with van der Waals surface area (Å²) in [6.07, 6.45) is 2.44. The van der Waals surface area contributed by atoms with E-state index in [0.717, 1.165) is 43.6 Å². The zero-order valence-corrected chi connectivity index (χ0v) is 17.4. The number of benzene rings is 1. The second-order valence-electron chi connectivity index (χ2n) is 7.47. The van der Waals surface area contributed by atoms with Crippen LogP contribution in [0.25, 0.3) is 0 Å². The van der Waals surface area contributed by atoms with Gasteiger partial charge in [0, 0.05) is 56.1 Å². The van der Waals surface area contributed by atoms with E-state index in [9.17, 15) is 4.79 Å². The Kier molecular flexibility index (Phi) is 6.04. The third-order valence-corrected chi connectivity index (χ3v) is 5.60. The molecule has 0 radical (unpaired) electrons. The Morgan fingerprint density at radius 2 is 1.69 bits per heavy atom. The molecule has 0 spiro atoms. The molecule has 7 nitrogen and oxygen atoms in total. The molecule has 8 heteroatoms. The molecule has 2 aliphatic rings. The predicted molar refractivity (Wildman–Crippen MR) is 114 cm³/mol. The minimum atomic E-state index is -0.0116. The first-order chi connectivity index (χ1) is 14.1. The summed E-state index contributed by atoms with van der Waals surface area (Å²) < 4.78 is 5.58. The van der Waals surface area contributed by atoms with Crippen LogP contribution in [0.2, 0.25) is 5.02 Å². The van der Waals surface area contributed by atoms with Crippen molar-refractivity contribution in [1.82, 2.24) is 14.9 Å². The number of halogens is 1. The summed E-state index contributed by atoms with van der Waals surface area (Å²) in [5.74, 6) is 2.41. The monoisotopic (exact) mass is 415 g/mol. The first kappa shape index (κ1) is 19.8. The van der Waals surface area contributed by atoms with Crippen molar-refractivity contribution >= 4 is 29.3 Å². The third-order valence-electron chi connectivity index (χ3n) is 5.35. The minimum Gasteiger partial charge on any atom is -0.484 e. The van der Waals surface area contributed by atoms with Crippen LogP contribution in [-0.4, -0.2) is 66.7 Å². The van der Waals surface area contributed by atoms with Crippen molar-refractivity contribution < 1.29 is 9.53 Å². The molecule has 1 aromatic carbocycles. The van der Waals surface area contributed by atoms with Gasteiger partial charge in [0.15, 0.2) is 6.61 Å². The molecule has 2 saturated heterocycles. The molecule has 3 heterocycles. The fourth-order valence-corrected chi connectivity index (χ4v) is 3.84. The maximum atomic E-state index is 12.5. The number of aromatic nitrogens is 2. The lowest BCUT2D eigenvalue weighted by atomic mass is 10.3. The van der Waals surface area contributed by atoms with Crippen LogP contribution < -0.4 is 14.5 Å². The summed E-state index contributed by atoms with van der Waals surface area (Å²) in [6, 6.07) is 9.08. The molecule has 2 aliphatic heterocycles. The number of hydrogen-bond acceptors (Lipinski definition) is 6. The van der Waals surface area contributed by atoms with Crippen molar-refractivity contribution in [3.63, 3.8) is 0 Å². The van der Waals surface area contributed by atoms with Crippen LogP contribution in [0.4, 0.5) is 11.8 Å². The number of carbonyl (C=O) groups is 1. The summed E-state index contributed by atoms with van der Waals surface area (Å²) in [7, 11) is 0. The number of nitrogens with zero attached hydrogens (tertiary/aromatic N) is 5. The van der Waals surface area contributed by atoms with Gasteiger partial charge in [-0.2, -0.15) is 4.98 Å². The van der Waals surface area contributed by atoms with Crippen molar-refractivity contribution in [2.45, 2.75) is 19.8 Å². The van der Waals surface area contributed by atoms with Gasteiger partial charge >= 0.3 is 0 Å². The van der Waals surface area contributed by atoms with Crippen molar-refractivity contribution in [3.8, 4) is 5.75 Å². The van der Waals surface area contributed by atoms with E-state index in [4.69, 9.17) is 21.3 Å². The highest BCUT2D eigenvalue weighted by Gasteiger charge is 2.24. The Morgan fingerprint density at radius 1 is 1.00 bits per heavy atom. The van der Waals surface area contributed by atoms with Crippen LogP contribution in [0.1, 0.15) is 18.5 Å². The SMILES string of the molecule is Cc1cc(N2CCCC2)nc(N2CCN(C(=O)COc3ccc(Cl)cc3)CC2)n1. The number of amides is 1. The van der Waals surface area contributed by atoms with Gasteiger partial charge in [0.1, 0.15) is 11.6 Å². The fraction of sp³-hybridized carbons (Fsp3) is 0.476. The van der Waals surface area contributed by atoms with E-state index in [0.29, 0.717) is 23.9 Å².